The summed E-state index contributed by atoms with van der Waals surface area (Å²) in [6, 6.07) is 13.6. The second-order valence-electron chi connectivity index (χ2n) is 8.99. The summed E-state index contributed by atoms with van der Waals surface area (Å²) >= 11 is 0. The largest absolute Gasteiger partial charge is 0.435 e. The van der Waals surface area contributed by atoms with E-state index in [1.54, 1.807) is 6.33 Å². The zero-order chi connectivity index (χ0) is 23.6. The van der Waals surface area contributed by atoms with Crippen LogP contribution in [-0.4, -0.2) is 26.1 Å². The summed E-state index contributed by atoms with van der Waals surface area (Å²) in [6.07, 6.45) is -0.791. The van der Waals surface area contributed by atoms with Gasteiger partial charge in [-0.25, -0.2) is 4.98 Å². The highest BCUT2D eigenvalue weighted by molar-refractivity contribution is 6.04. The highest BCUT2D eigenvalue weighted by Crippen LogP contribution is 2.54. The number of aromatic nitrogens is 4. The lowest BCUT2D eigenvalue weighted by Gasteiger charge is -2.48. The zero-order valence-corrected chi connectivity index (χ0v) is 18.2. The number of nitrogens with one attached hydrogen (secondary N) is 1. The number of fused-ring (bicyclic) bond motifs is 1. The Morgan fingerprint density at radius 3 is 2.53 bits per heavy atom. The van der Waals surface area contributed by atoms with E-state index in [0.717, 1.165) is 46.8 Å². The number of imidazole rings is 1. The Morgan fingerprint density at radius 2 is 1.85 bits per heavy atom. The van der Waals surface area contributed by atoms with Crippen molar-refractivity contribution in [2.45, 2.75) is 32.0 Å². The van der Waals surface area contributed by atoms with Crippen molar-refractivity contribution in [1.29, 1.82) is 0 Å². The topological polar surface area (TPSA) is 74.8 Å². The average Bonchev–Trinajstić information content (AvgIpc) is 3.52. The van der Waals surface area contributed by atoms with E-state index in [9.17, 15) is 18.0 Å². The van der Waals surface area contributed by atoms with E-state index in [2.05, 4.69) is 20.2 Å². The van der Waals surface area contributed by atoms with Gasteiger partial charge in [-0.05, 0) is 73.2 Å². The Morgan fingerprint density at radius 1 is 1.03 bits per heavy atom. The molecule has 0 bridgehead atoms. The van der Waals surface area contributed by atoms with E-state index in [0.29, 0.717) is 17.2 Å². The third-order valence-corrected chi connectivity index (χ3v) is 6.79. The minimum Gasteiger partial charge on any atom is -0.345 e. The Labute approximate surface area is 192 Å². The number of anilines is 1. The number of nitrogens with zero attached hydrogens (tertiary/aromatic N) is 4. The highest BCUT2D eigenvalue weighted by atomic mass is 19.4. The number of H-pyrrole nitrogens is 1. The van der Waals surface area contributed by atoms with Crippen LogP contribution in [0.15, 0.2) is 54.9 Å². The van der Waals surface area contributed by atoms with Gasteiger partial charge < -0.3 is 9.88 Å². The van der Waals surface area contributed by atoms with Crippen molar-refractivity contribution in [3.8, 4) is 11.3 Å². The van der Waals surface area contributed by atoms with Gasteiger partial charge in [0.15, 0.2) is 5.69 Å². The van der Waals surface area contributed by atoms with Gasteiger partial charge in [-0.3, -0.25) is 4.79 Å². The molecule has 3 heterocycles. The molecule has 2 fully saturated rings. The Balaban J connectivity index is 1.35. The fourth-order valence-electron chi connectivity index (χ4n) is 4.92. The van der Waals surface area contributed by atoms with Crippen LogP contribution in [0, 0.1) is 18.8 Å². The molecule has 9 heteroatoms. The predicted octanol–water partition coefficient (Wildman–Crippen LogP) is 5.46. The molecule has 2 aromatic carbocycles. The van der Waals surface area contributed by atoms with Crippen molar-refractivity contribution >= 4 is 22.6 Å². The fourth-order valence-corrected chi connectivity index (χ4v) is 4.92. The summed E-state index contributed by atoms with van der Waals surface area (Å²) < 4.78 is 38.4. The lowest BCUT2D eigenvalue weighted by atomic mass is 9.77. The molecule has 1 saturated carbocycles. The summed E-state index contributed by atoms with van der Waals surface area (Å²) in [5.41, 5.74) is 4.53. The van der Waals surface area contributed by atoms with Crippen molar-refractivity contribution in [2.24, 2.45) is 11.8 Å². The molecule has 1 amide bonds. The molecule has 1 N–H and O–H groups in total. The van der Waals surface area contributed by atoms with Crippen LogP contribution in [0.25, 0.3) is 22.3 Å². The van der Waals surface area contributed by atoms with Gasteiger partial charge in [0, 0.05) is 11.3 Å². The summed E-state index contributed by atoms with van der Waals surface area (Å²) in [5, 5.41) is 7.10. The molecule has 4 aromatic rings. The number of rotatable bonds is 4. The number of aromatic amines is 1. The standard InChI is InChI=1S/C25H20F3N5O/c1-13-10-15(18-8-9-21(32-31-18)25(26,27)28)4-6-17(13)23-22(14-2-3-14)24(34)33(23)16-5-7-19-20(11-16)30-12-29-19/h4-12,14,22-23H,2-3H2,1H3,(H,29,30)/t22?,23-/m0/s1. The second-order valence-corrected chi connectivity index (χ2v) is 8.99. The first kappa shape index (κ1) is 20.8. The fraction of sp³-hybridized carbons (Fsp3) is 0.280. The van der Waals surface area contributed by atoms with E-state index in [1.165, 1.54) is 6.07 Å². The van der Waals surface area contributed by atoms with Gasteiger partial charge in [-0.15, -0.1) is 10.2 Å². The molecule has 1 saturated heterocycles. The molecule has 172 valence electrons. The number of aryl methyl sites for hydroxylation is 1. The Bertz CT molecular complexity index is 1410. The lowest BCUT2D eigenvalue weighted by Crippen LogP contribution is -2.56. The maximum absolute atomic E-state index is 13.2. The molecule has 0 radical (unpaired) electrons. The maximum atomic E-state index is 13.2. The number of halogens is 3. The van der Waals surface area contributed by atoms with Crippen molar-refractivity contribution in [3.05, 3.63) is 71.7 Å². The third kappa shape index (κ3) is 3.34. The van der Waals surface area contributed by atoms with E-state index < -0.39 is 11.9 Å². The summed E-state index contributed by atoms with van der Waals surface area (Å²) in [7, 11) is 0. The molecular formula is C25H20F3N5O. The van der Waals surface area contributed by atoms with Crippen LogP contribution < -0.4 is 4.90 Å². The van der Waals surface area contributed by atoms with Crippen LogP contribution in [0.3, 0.4) is 0 Å². The van der Waals surface area contributed by atoms with Crippen molar-refractivity contribution in [1.82, 2.24) is 20.2 Å². The number of alkyl halides is 3. The van der Waals surface area contributed by atoms with E-state index in [-0.39, 0.29) is 17.9 Å². The average molecular weight is 463 g/mol. The monoisotopic (exact) mass is 463 g/mol. The van der Waals surface area contributed by atoms with Crippen LogP contribution in [0.4, 0.5) is 18.9 Å². The summed E-state index contributed by atoms with van der Waals surface area (Å²) in [6.45, 7) is 1.96. The number of carbonyl (C=O) groups is 1. The Kier molecular flexibility index (Phi) is 4.52. The summed E-state index contributed by atoms with van der Waals surface area (Å²) in [5.74, 6) is 0.451. The molecular weight excluding hydrogens is 443 g/mol. The van der Waals surface area contributed by atoms with Gasteiger partial charge in [0.25, 0.3) is 0 Å². The maximum Gasteiger partial charge on any atom is 0.435 e. The number of β-lactam (4-membered cyclic amide) rings is 1. The molecule has 0 spiro atoms. The quantitative estimate of drug-likeness (QED) is 0.408. The number of carbonyl (C=O) groups excluding carboxylic acids is 1. The lowest BCUT2D eigenvalue weighted by molar-refractivity contribution is -0.141. The van der Waals surface area contributed by atoms with Gasteiger partial charge in [0.1, 0.15) is 0 Å². The molecule has 1 unspecified atom stereocenters. The SMILES string of the molecule is Cc1cc(-c2ccc(C(F)(F)F)nn2)ccc1[C@H]1C(C2CC2)C(=O)N1c1ccc2[nH]cnc2c1. The van der Waals surface area contributed by atoms with Crippen LogP contribution in [0.5, 0.6) is 0 Å². The molecule has 6 nitrogen and oxygen atoms in total. The minimum atomic E-state index is -4.53. The van der Waals surface area contributed by atoms with E-state index in [4.69, 9.17) is 0 Å². The number of amides is 1. The molecule has 2 aromatic heterocycles. The first-order chi connectivity index (χ1) is 16.3. The third-order valence-electron chi connectivity index (χ3n) is 6.79. The van der Waals surface area contributed by atoms with Crippen LogP contribution in [0.2, 0.25) is 0 Å². The molecule has 1 aliphatic carbocycles. The van der Waals surface area contributed by atoms with Crippen molar-refractivity contribution in [3.63, 3.8) is 0 Å². The normalized spacial score (nSPS) is 20.6. The molecule has 2 atom stereocenters. The van der Waals surface area contributed by atoms with Gasteiger partial charge >= 0.3 is 6.18 Å². The van der Waals surface area contributed by atoms with Crippen molar-refractivity contribution in [2.75, 3.05) is 4.90 Å². The first-order valence-corrected chi connectivity index (χ1v) is 11.1. The Hall–Kier alpha value is -3.75. The number of hydrogen-bond acceptors (Lipinski definition) is 4. The van der Waals surface area contributed by atoms with Gasteiger partial charge in [-0.2, -0.15) is 13.2 Å². The smallest absolute Gasteiger partial charge is 0.345 e. The first-order valence-electron chi connectivity index (χ1n) is 11.1. The summed E-state index contributed by atoms with van der Waals surface area (Å²) in [4.78, 5) is 22.4. The van der Waals surface area contributed by atoms with Crippen LogP contribution in [0.1, 0.15) is 35.7 Å². The molecule has 1 aliphatic heterocycles. The van der Waals surface area contributed by atoms with Crippen LogP contribution >= 0.6 is 0 Å². The molecule has 34 heavy (non-hydrogen) atoms. The second kappa shape index (κ2) is 7.38. The number of hydrogen-bond donors (Lipinski definition) is 1. The highest BCUT2D eigenvalue weighted by Gasteiger charge is 2.55. The van der Waals surface area contributed by atoms with Crippen LogP contribution in [-0.2, 0) is 11.0 Å². The van der Waals surface area contributed by atoms with E-state index in [1.807, 2.05) is 48.2 Å². The van der Waals surface area contributed by atoms with Crippen molar-refractivity contribution < 1.29 is 18.0 Å². The van der Waals surface area contributed by atoms with Gasteiger partial charge in [-0.1, -0.05) is 12.1 Å². The zero-order valence-electron chi connectivity index (χ0n) is 18.2. The molecule has 6 rings (SSSR count). The predicted molar refractivity (Wildman–Crippen MR) is 120 cm³/mol. The van der Waals surface area contributed by atoms with E-state index >= 15 is 0 Å². The van der Waals surface area contributed by atoms with Gasteiger partial charge in [0.05, 0.1) is 35.0 Å². The minimum absolute atomic E-state index is 0.0645. The molecule has 2 aliphatic rings. The van der Waals surface area contributed by atoms with Gasteiger partial charge in [0.2, 0.25) is 5.91 Å². The number of benzene rings is 2.